The van der Waals surface area contributed by atoms with Gasteiger partial charge in [-0.15, -0.1) is 0 Å². The van der Waals surface area contributed by atoms with E-state index in [1.807, 2.05) is 32.8 Å². The molecule has 1 atom stereocenters. The number of likely N-dealkylation sites (N-methyl/N-ethyl adjacent to an activating group) is 2. The number of sulfonamides is 1. The third-order valence-electron chi connectivity index (χ3n) is 1.86. The molecule has 0 heterocycles. The molecule has 0 saturated heterocycles. The van der Waals surface area contributed by atoms with Gasteiger partial charge in [0.15, 0.2) is 0 Å². The lowest BCUT2D eigenvalue weighted by Crippen LogP contribution is -2.43. The third kappa shape index (κ3) is 4.59. The Hall–Kier alpha value is -0.130. The van der Waals surface area contributed by atoms with Crippen molar-refractivity contribution >= 4 is 10.0 Å². The van der Waals surface area contributed by atoms with Gasteiger partial charge in [0.2, 0.25) is 10.0 Å². The van der Waals surface area contributed by atoms with E-state index >= 15 is 0 Å². The number of hydrogen-bond donors (Lipinski definition) is 0. The van der Waals surface area contributed by atoms with Crippen LogP contribution in [0.1, 0.15) is 13.8 Å². The van der Waals surface area contributed by atoms with E-state index in [4.69, 9.17) is 0 Å². The summed E-state index contributed by atoms with van der Waals surface area (Å²) < 4.78 is 24.1. The normalized spacial score (nSPS) is 15.3. The van der Waals surface area contributed by atoms with Gasteiger partial charge < -0.3 is 4.90 Å². The van der Waals surface area contributed by atoms with Crippen molar-refractivity contribution in [3.8, 4) is 0 Å². The zero-order chi connectivity index (χ0) is 10.6. The van der Waals surface area contributed by atoms with E-state index in [0.29, 0.717) is 6.54 Å². The molecule has 1 unspecified atom stereocenters. The Kier molecular flexibility index (Phi) is 4.88. The van der Waals surface area contributed by atoms with Crippen LogP contribution in [0.25, 0.3) is 0 Å². The van der Waals surface area contributed by atoms with E-state index in [-0.39, 0.29) is 6.04 Å². The van der Waals surface area contributed by atoms with Gasteiger partial charge in [-0.25, -0.2) is 8.42 Å². The number of rotatable bonds is 5. The number of nitrogens with zero attached hydrogens (tertiary/aromatic N) is 2. The first kappa shape index (κ1) is 12.9. The maximum atomic E-state index is 11.3. The van der Waals surface area contributed by atoms with Gasteiger partial charge in [0.1, 0.15) is 0 Å². The highest BCUT2D eigenvalue weighted by atomic mass is 32.2. The van der Waals surface area contributed by atoms with Gasteiger partial charge in [0.25, 0.3) is 0 Å². The first-order valence-electron chi connectivity index (χ1n) is 4.40. The van der Waals surface area contributed by atoms with Crippen LogP contribution in [-0.4, -0.2) is 57.1 Å². The molecule has 5 heteroatoms. The van der Waals surface area contributed by atoms with E-state index in [1.54, 1.807) is 0 Å². The van der Waals surface area contributed by atoms with Gasteiger partial charge in [0.05, 0.1) is 6.26 Å². The summed E-state index contributed by atoms with van der Waals surface area (Å²) in [6.07, 6.45) is 1.25. The summed E-state index contributed by atoms with van der Waals surface area (Å²) in [7, 11) is 0.821. The molecule has 0 fully saturated rings. The van der Waals surface area contributed by atoms with Gasteiger partial charge in [-0.1, -0.05) is 6.92 Å². The predicted molar refractivity (Wildman–Crippen MR) is 55.2 cm³/mol. The Labute approximate surface area is 81.6 Å². The van der Waals surface area contributed by atoms with Gasteiger partial charge >= 0.3 is 0 Å². The maximum absolute atomic E-state index is 11.3. The quantitative estimate of drug-likeness (QED) is 0.649. The van der Waals surface area contributed by atoms with E-state index in [0.717, 1.165) is 6.54 Å². The summed E-state index contributed by atoms with van der Waals surface area (Å²) in [6.45, 7) is 5.06. The first-order valence-corrected chi connectivity index (χ1v) is 6.25. The van der Waals surface area contributed by atoms with Crippen LogP contribution in [0.5, 0.6) is 0 Å². The van der Waals surface area contributed by atoms with Crippen molar-refractivity contribution in [2.24, 2.45) is 0 Å². The zero-order valence-corrected chi connectivity index (χ0v) is 9.93. The molecule has 0 aromatic carbocycles. The minimum atomic E-state index is -3.05. The summed E-state index contributed by atoms with van der Waals surface area (Å²) in [6, 6.07) is 0.0370. The van der Waals surface area contributed by atoms with E-state index < -0.39 is 10.0 Å². The second-order valence-electron chi connectivity index (χ2n) is 3.58. The van der Waals surface area contributed by atoms with Crippen molar-refractivity contribution in [2.75, 3.05) is 33.4 Å². The minimum absolute atomic E-state index is 0.0370. The summed E-state index contributed by atoms with van der Waals surface area (Å²) in [5.74, 6) is 0. The molecule has 0 saturated carbocycles. The molecule has 0 rings (SSSR count). The van der Waals surface area contributed by atoms with Crippen LogP contribution in [0.4, 0.5) is 0 Å². The Morgan fingerprint density at radius 2 is 1.77 bits per heavy atom. The molecule has 0 radical (unpaired) electrons. The Balaban J connectivity index is 4.42. The summed E-state index contributed by atoms with van der Waals surface area (Å²) in [5.41, 5.74) is 0. The highest BCUT2D eigenvalue weighted by Gasteiger charge is 2.21. The molecule has 0 aliphatic rings. The second kappa shape index (κ2) is 4.93. The van der Waals surface area contributed by atoms with Crippen LogP contribution in [0.15, 0.2) is 0 Å². The smallest absolute Gasteiger partial charge is 0.211 e. The Morgan fingerprint density at radius 1 is 1.31 bits per heavy atom. The fourth-order valence-corrected chi connectivity index (χ4v) is 2.68. The van der Waals surface area contributed by atoms with Crippen molar-refractivity contribution in [3.05, 3.63) is 0 Å². The van der Waals surface area contributed by atoms with Crippen molar-refractivity contribution < 1.29 is 8.42 Å². The van der Waals surface area contributed by atoms with Crippen molar-refractivity contribution in [1.82, 2.24) is 9.21 Å². The largest absolute Gasteiger partial charge is 0.308 e. The zero-order valence-electron chi connectivity index (χ0n) is 9.11. The first-order chi connectivity index (χ1) is 5.79. The molecule has 0 N–H and O–H groups in total. The maximum Gasteiger partial charge on any atom is 0.211 e. The number of hydrogen-bond acceptors (Lipinski definition) is 3. The van der Waals surface area contributed by atoms with E-state index in [2.05, 4.69) is 0 Å². The topological polar surface area (TPSA) is 40.6 Å². The van der Waals surface area contributed by atoms with Crippen LogP contribution in [0.2, 0.25) is 0 Å². The fourth-order valence-electron chi connectivity index (χ4n) is 1.49. The van der Waals surface area contributed by atoms with Crippen LogP contribution in [-0.2, 0) is 10.0 Å². The second-order valence-corrected chi connectivity index (χ2v) is 5.51. The predicted octanol–water partition coefficient (Wildman–Crippen LogP) is 0.218. The molecule has 0 spiro atoms. The molecule has 0 amide bonds. The van der Waals surface area contributed by atoms with Gasteiger partial charge in [0, 0.05) is 19.1 Å². The standard InChI is InChI=1S/C8H20N2O2S/c1-6-10(13(5,11)12)8(2)7-9(3)4/h8H,6-7H2,1-5H3. The minimum Gasteiger partial charge on any atom is -0.308 e. The molecule has 0 aromatic rings. The molecule has 0 bridgehead atoms. The van der Waals surface area contributed by atoms with Gasteiger partial charge in [-0.2, -0.15) is 4.31 Å². The average molecular weight is 208 g/mol. The summed E-state index contributed by atoms with van der Waals surface area (Å²) in [4.78, 5) is 1.98. The third-order valence-corrected chi connectivity index (χ3v) is 3.33. The lowest BCUT2D eigenvalue weighted by atomic mass is 10.3. The van der Waals surface area contributed by atoms with Crippen molar-refractivity contribution in [1.29, 1.82) is 0 Å². The van der Waals surface area contributed by atoms with E-state index in [1.165, 1.54) is 10.6 Å². The summed E-state index contributed by atoms with van der Waals surface area (Å²) >= 11 is 0. The molecule has 0 aliphatic carbocycles. The van der Waals surface area contributed by atoms with E-state index in [9.17, 15) is 8.42 Å². The lowest BCUT2D eigenvalue weighted by molar-refractivity contribution is 0.272. The monoisotopic (exact) mass is 208 g/mol. The highest BCUT2D eigenvalue weighted by Crippen LogP contribution is 2.05. The van der Waals surface area contributed by atoms with Crippen molar-refractivity contribution in [2.45, 2.75) is 19.9 Å². The van der Waals surface area contributed by atoms with Crippen LogP contribution in [0, 0.1) is 0 Å². The highest BCUT2D eigenvalue weighted by molar-refractivity contribution is 7.88. The molecular weight excluding hydrogens is 188 g/mol. The average Bonchev–Trinajstić information content (AvgIpc) is 1.82. The van der Waals surface area contributed by atoms with Crippen LogP contribution >= 0.6 is 0 Å². The molecule has 13 heavy (non-hydrogen) atoms. The lowest BCUT2D eigenvalue weighted by Gasteiger charge is -2.27. The van der Waals surface area contributed by atoms with Crippen LogP contribution < -0.4 is 0 Å². The fraction of sp³-hybridized carbons (Fsp3) is 1.00. The molecular formula is C8H20N2O2S. The Morgan fingerprint density at radius 3 is 2.00 bits per heavy atom. The molecule has 80 valence electrons. The Bertz CT molecular complexity index is 237. The summed E-state index contributed by atoms with van der Waals surface area (Å²) in [5, 5.41) is 0. The van der Waals surface area contributed by atoms with Gasteiger partial charge in [-0.3, -0.25) is 0 Å². The molecule has 0 aliphatic heterocycles. The van der Waals surface area contributed by atoms with Gasteiger partial charge in [-0.05, 0) is 21.0 Å². The molecule has 0 aromatic heterocycles. The van der Waals surface area contributed by atoms with Crippen molar-refractivity contribution in [3.63, 3.8) is 0 Å². The van der Waals surface area contributed by atoms with Crippen LogP contribution in [0.3, 0.4) is 0 Å². The molecule has 4 nitrogen and oxygen atoms in total. The SMILES string of the molecule is CCN(C(C)CN(C)C)S(C)(=O)=O.